The van der Waals surface area contributed by atoms with E-state index >= 15 is 0 Å². The zero-order valence-electron chi connectivity index (χ0n) is 12.8. The normalized spacial score (nSPS) is 13.3. The van der Waals surface area contributed by atoms with Crippen molar-refractivity contribution in [3.8, 4) is 0 Å². The van der Waals surface area contributed by atoms with Crippen LogP contribution >= 0.6 is 12.2 Å². The van der Waals surface area contributed by atoms with Crippen molar-refractivity contribution in [1.29, 1.82) is 0 Å². The lowest BCUT2D eigenvalue weighted by molar-refractivity contribution is -0.162. The van der Waals surface area contributed by atoms with E-state index in [9.17, 15) is 34.8 Å². The molecule has 142 valence electrons. The summed E-state index contributed by atoms with van der Waals surface area (Å²) in [5, 5.41) is 0. The molecule has 0 saturated carbocycles. The zero-order valence-corrected chi connectivity index (χ0v) is 14.4. The van der Waals surface area contributed by atoms with Crippen LogP contribution in [-0.4, -0.2) is 30.8 Å². The van der Waals surface area contributed by atoms with Gasteiger partial charge in [-0.25, -0.2) is 8.42 Å². The summed E-state index contributed by atoms with van der Waals surface area (Å²) < 4.78 is 103. The quantitative estimate of drug-likeness (QED) is 0.580. The van der Waals surface area contributed by atoms with E-state index in [4.69, 9.17) is 5.73 Å². The molecule has 0 fully saturated rings. The summed E-state index contributed by atoms with van der Waals surface area (Å²) in [6.07, 6.45) is -10.7. The largest absolute Gasteiger partial charge is 0.417 e. The van der Waals surface area contributed by atoms with Gasteiger partial charge in [-0.2, -0.15) is 30.6 Å². The predicted octanol–water partition coefficient (Wildman–Crippen LogP) is 3.16. The summed E-state index contributed by atoms with van der Waals surface area (Å²) in [5.74, 6) is -1.26. The highest BCUT2D eigenvalue weighted by Crippen LogP contribution is 2.42. The first-order chi connectivity index (χ1) is 11.2. The van der Waals surface area contributed by atoms with Crippen molar-refractivity contribution in [3.63, 3.8) is 0 Å². The summed E-state index contributed by atoms with van der Waals surface area (Å²) in [6.45, 7) is 0.821. The summed E-state index contributed by atoms with van der Waals surface area (Å²) >= 11 is 4.57. The van der Waals surface area contributed by atoms with E-state index in [-0.39, 0.29) is 17.6 Å². The first-order valence-electron chi connectivity index (χ1n) is 6.72. The average Bonchev–Trinajstić information content (AvgIpc) is 2.41. The summed E-state index contributed by atoms with van der Waals surface area (Å²) in [5.41, 5.74) is 0.283. The van der Waals surface area contributed by atoms with Crippen molar-refractivity contribution in [2.75, 3.05) is 13.1 Å². The van der Waals surface area contributed by atoms with Crippen LogP contribution in [0.4, 0.5) is 26.3 Å². The third kappa shape index (κ3) is 5.54. The third-order valence-corrected chi connectivity index (χ3v) is 5.13. The number of nitrogens with two attached hydrogens (primary N) is 1. The predicted molar refractivity (Wildman–Crippen MR) is 83.1 cm³/mol. The molecule has 1 aromatic carbocycles. The molecular formula is C13H14F6N2O2S2. The molecule has 0 aliphatic heterocycles. The van der Waals surface area contributed by atoms with Gasteiger partial charge in [-0.3, -0.25) is 0 Å². The van der Waals surface area contributed by atoms with Crippen molar-refractivity contribution < 1.29 is 34.8 Å². The van der Waals surface area contributed by atoms with E-state index < -0.39 is 51.4 Å². The molecule has 1 aromatic rings. The smallest absolute Gasteiger partial charge is 0.392 e. The van der Waals surface area contributed by atoms with Gasteiger partial charge in [0.1, 0.15) is 0 Å². The summed E-state index contributed by atoms with van der Waals surface area (Å²) in [4.78, 5) is -0.217. The Morgan fingerprint density at radius 1 is 1.16 bits per heavy atom. The van der Waals surface area contributed by atoms with Crippen LogP contribution in [0.5, 0.6) is 0 Å². The zero-order chi connectivity index (χ0) is 19.6. The van der Waals surface area contributed by atoms with Crippen molar-refractivity contribution in [3.05, 3.63) is 34.9 Å². The van der Waals surface area contributed by atoms with Gasteiger partial charge < -0.3 is 5.73 Å². The van der Waals surface area contributed by atoms with Crippen molar-refractivity contribution in [1.82, 2.24) is 4.31 Å². The maximum atomic E-state index is 13.2. The number of hydrogen-bond donors (Lipinski definition) is 1. The van der Waals surface area contributed by atoms with E-state index in [2.05, 4.69) is 12.2 Å². The van der Waals surface area contributed by atoms with Gasteiger partial charge in [0.15, 0.2) is 0 Å². The number of halogens is 6. The van der Waals surface area contributed by atoms with Crippen LogP contribution in [0, 0.1) is 0 Å². The Hall–Kier alpha value is -1.40. The minimum absolute atomic E-state index is 0.153. The molecular weight excluding hydrogens is 394 g/mol. The Kier molecular flexibility index (Phi) is 6.46. The maximum Gasteiger partial charge on any atom is 0.417 e. The number of likely N-dealkylation sites (N-methyl/N-ethyl adjacent to an activating group) is 1. The van der Waals surface area contributed by atoms with E-state index in [1.165, 1.54) is 6.92 Å². The van der Waals surface area contributed by atoms with Crippen LogP contribution in [0.3, 0.4) is 0 Å². The molecule has 0 aliphatic carbocycles. The highest BCUT2D eigenvalue weighted by Gasteiger charge is 2.45. The first-order valence-corrected chi connectivity index (χ1v) is 8.74. The van der Waals surface area contributed by atoms with Crippen LogP contribution < -0.4 is 5.73 Å². The second kappa shape index (κ2) is 7.46. The fourth-order valence-corrected chi connectivity index (χ4v) is 3.94. The van der Waals surface area contributed by atoms with Crippen molar-refractivity contribution >= 4 is 27.2 Å². The lowest BCUT2D eigenvalue weighted by Gasteiger charge is -2.23. The van der Waals surface area contributed by atoms with E-state index in [1.807, 2.05) is 0 Å². The monoisotopic (exact) mass is 408 g/mol. The molecule has 0 heterocycles. The van der Waals surface area contributed by atoms with Gasteiger partial charge >= 0.3 is 12.4 Å². The Balaban J connectivity index is 3.46. The van der Waals surface area contributed by atoms with Gasteiger partial charge in [-0.15, -0.1) is 0 Å². The lowest BCUT2D eigenvalue weighted by atomic mass is 10.0. The molecule has 0 saturated heterocycles. The minimum Gasteiger partial charge on any atom is -0.392 e. The molecule has 25 heavy (non-hydrogen) atoms. The second-order valence-electron chi connectivity index (χ2n) is 4.98. The Labute approximate surface area is 145 Å². The molecule has 4 nitrogen and oxygen atoms in total. The average molecular weight is 408 g/mol. The molecule has 0 amide bonds. The minimum atomic E-state index is -5.38. The topological polar surface area (TPSA) is 63.4 Å². The fraction of sp³-hybridized carbons (Fsp3) is 0.462. The molecule has 0 unspecified atom stereocenters. The van der Waals surface area contributed by atoms with Gasteiger partial charge in [0, 0.05) is 6.54 Å². The van der Waals surface area contributed by atoms with Gasteiger partial charge in [0.25, 0.3) is 0 Å². The van der Waals surface area contributed by atoms with Crippen LogP contribution in [0.2, 0.25) is 0 Å². The highest BCUT2D eigenvalue weighted by molar-refractivity contribution is 7.88. The van der Waals surface area contributed by atoms with Crippen LogP contribution in [0.25, 0.3) is 0 Å². The highest BCUT2D eigenvalue weighted by atomic mass is 32.2. The van der Waals surface area contributed by atoms with Crippen LogP contribution in [0.1, 0.15) is 23.6 Å². The third-order valence-electron chi connectivity index (χ3n) is 3.16. The first kappa shape index (κ1) is 21.6. The maximum absolute atomic E-state index is 13.2. The number of rotatable bonds is 6. The fourth-order valence-electron chi connectivity index (χ4n) is 2.16. The Morgan fingerprint density at radius 2 is 1.72 bits per heavy atom. The molecule has 1 rings (SSSR count). The molecule has 0 radical (unpaired) electrons. The standard InChI is InChI=1S/C13H14F6N2O2S2/c1-2-21(6-10(20)24)25(22,23)7-8-4-3-5-9(12(14,15)16)11(8)13(17,18)19/h3-5H,2,6-7H2,1H3,(H2,20,24). The molecule has 12 heteroatoms. The number of benzene rings is 1. The number of sulfonamides is 1. The molecule has 0 spiro atoms. The molecule has 0 aromatic heterocycles. The summed E-state index contributed by atoms with van der Waals surface area (Å²) in [6, 6.07) is 1.68. The van der Waals surface area contributed by atoms with Gasteiger partial charge in [-0.05, 0) is 11.6 Å². The van der Waals surface area contributed by atoms with Crippen LogP contribution in [0.15, 0.2) is 18.2 Å². The molecule has 0 atom stereocenters. The Morgan fingerprint density at radius 3 is 2.12 bits per heavy atom. The number of hydrogen-bond acceptors (Lipinski definition) is 3. The number of thiocarbonyl (C=S) groups is 1. The van der Waals surface area contributed by atoms with E-state index in [0.717, 1.165) is 6.07 Å². The summed E-state index contributed by atoms with van der Waals surface area (Å²) in [7, 11) is -4.37. The SMILES string of the molecule is CCN(CC(N)=S)S(=O)(=O)Cc1cccc(C(F)(F)F)c1C(F)(F)F. The van der Waals surface area contributed by atoms with Gasteiger partial charge in [0.05, 0.1) is 28.4 Å². The molecule has 0 bridgehead atoms. The number of alkyl halides is 6. The Bertz CT molecular complexity index is 744. The van der Waals surface area contributed by atoms with Crippen molar-refractivity contribution in [2.24, 2.45) is 5.73 Å². The van der Waals surface area contributed by atoms with Crippen molar-refractivity contribution in [2.45, 2.75) is 25.0 Å². The molecule has 0 aliphatic rings. The second-order valence-corrected chi connectivity index (χ2v) is 7.48. The van der Waals surface area contributed by atoms with Gasteiger partial charge in [-0.1, -0.05) is 31.3 Å². The van der Waals surface area contributed by atoms with Gasteiger partial charge in [0.2, 0.25) is 10.0 Å². The van der Waals surface area contributed by atoms with E-state index in [0.29, 0.717) is 10.4 Å². The van der Waals surface area contributed by atoms with E-state index in [1.54, 1.807) is 0 Å². The number of nitrogens with zero attached hydrogens (tertiary/aromatic N) is 1. The lowest BCUT2D eigenvalue weighted by Crippen LogP contribution is -2.38. The molecule has 2 N–H and O–H groups in total. The van der Waals surface area contributed by atoms with Crippen LogP contribution in [-0.2, 0) is 28.1 Å².